The van der Waals surface area contributed by atoms with E-state index in [0.29, 0.717) is 0 Å². The summed E-state index contributed by atoms with van der Waals surface area (Å²) >= 11 is 0. The predicted molar refractivity (Wildman–Crippen MR) is 55.8 cm³/mol. The van der Waals surface area contributed by atoms with E-state index >= 15 is 0 Å². The van der Waals surface area contributed by atoms with Crippen LogP contribution in [0.1, 0.15) is 0 Å². The SMILES string of the molecule is [CH3-].[CH3-].[CH]1[CH][CH][CH][CH]1.[CH]1[CH][CH][CH][CH]1.[Hf+4]. The van der Waals surface area contributed by atoms with E-state index in [9.17, 15) is 0 Å². The Bertz CT molecular complexity index is 38.3. The van der Waals surface area contributed by atoms with Crippen molar-refractivity contribution < 1.29 is 25.8 Å². The van der Waals surface area contributed by atoms with Crippen LogP contribution >= 0.6 is 0 Å². The maximum atomic E-state index is 2.00. The van der Waals surface area contributed by atoms with Gasteiger partial charge in [-0.3, -0.25) is 0 Å². The van der Waals surface area contributed by atoms with Crippen LogP contribution in [0.3, 0.4) is 0 Å². The van der Waals surface area contributed by atoms with Crippen LogP contribution in [-0.2, 0) is 25.8 Å². The van der Waals surface area contributed by atoms with E-state index in [1.54, 1.807) is 0 Å². The molecule has 0 heterocycles. The summed E-state index contributed by atoms with van der Waals surface area (Å²) in [5, 5.41) is 0. The summed E-state index contributed by atoms with van der Waals surface area (Å²) in [5.41, 5.74) is 0. The number of rotatable bonds is 0. The molecule has 0 atom stereocenters. The van der Waals surface area contributed by atoms with Gasteiger partial charge in [0.05, 0.1) is 0 Å². The van der Waals surface area contributed by atoms with Crippen molar-refractivity contribution in [3.05, 3.63) is 79.1 Å². The molecule has 0 N–H and O–H groups in total. The van der Waals surface area contributed by atoms with E-state index in [-0.39, 0.29) is 40.7 Å². The number of hydrogen-bond donors (Lipinski definition) is 0. The molecule has 2 fully saturated rings. The third kappa shape index (κ3) is 12.9. The van der Waals surface area contributed by atoms with Crippen LogP contribution < -0.4 is 0 Å². The van der Waals surface area contributed by atoms with Crippen LogP contribution in [0.15, 0.2) is 0 Å². The average Bonchev–Trinajstić information content (AvgIpc) is 2.67. The molecular weight excluding hydrogens is 323 g/mol. The molecule has 0 aromatic rings. The minimum absolute atomic E-state index is 0. The molecule has 0 saturated heterocycles. The summed E-state index contributed by atoms with van der Waals surface area (Å²) in [6.07, 6.45) is 20.0. The Kier molecular flexibility index (Phi) is 23.0. The summed E-state index contributed by atoms with van der Waals surface area (Å²) in [6, 6.07) is 0. The van der Waals surface area contributed by atoms with Crippen molar-refractivity contribution in [3.8, 4) is 0 Å². The summed E-state index contributed by atoms with van der Waals surface area (Å²) in [6.45, 7) is 0. The second-order valence-electron chi connectivity index (χ2n) is 1.92. The molecule has 0 aromatic carbocycles. The Hall–Kier alpha value is 0.870. The summed E-state index contributed by atoms with van der Waals surface area (Å²) in [4.78, 5) is 0. The quantitative estimate of drug-likeness (QED) is 0.470. The third-order valence-electron chi connectivity index (χ3n) is 1.11. The van der Waals surface area contributed by atoms with E-state index in [0.717, 1.165) is 0 Å². The minimum atomic E-state index is 0. The van der Waals surface area contributed by atoms with Crippen molar-refractivity contribution in [2.75, 3.05) is 0 Å². The van der Waals surface area contributed by atoms with Gasteiger partial charge >= 0.3 is 25.8 Å². The molecule has 2 aliphatic rings. The Balaban J connectivity index is -0.000000125. The molecule has 0 aliphatic heterocycles. The zero-order chi connectivity index (χ0) is 7.07. The molecule has 0 aromatic heterocycles. The van der Waals surface area contributed by atoms with Gasteiger partial charge in [-0.25, -0.2) is 0 Å². The fourth-order valence-corrected chi connectivity index (χ4v) is 0.642. The molecular formula is C12H16Hf+2. The van der Waals surface area contributed by atoms with Gasteiger partial charge in [0, 0.05) is 0 Å². The average molecular weight is 339 g/mol. The van der Waals surface area contributed by atoms with Crippen LogP contribution in [0, 0.1) is 79.1 Å². The van der Waals surface area contributed by atoms with Gasteiger partial charge in [0.15, 0.2) is 0 Å². The topological polar surface area (TPSA) is 0 Å². The maximum Gasteiger partial charge on any atom is 4.00 e. The van der Waals surface area contributed by atoms with E-state index in [1.807, 2.05) is 64.2 Å². The Morgan fingerprint density at radius 3 is 0.462 bits per heavy atom. The minimum Gasteiger partial charge on any atom is -0.358 e. The fourth-order valence-electron chi connectivity index (χ4n) is 0.642. The van der Waals surface area contributed by atoms with Crippen molar-refractivity contribution in [1.29, 1.82) is 0 Å². The van der Waals surface area contributed by atoms with Gasteiger partial charge in [-0.05, 0) is 64.2 Å². The van der Waals surface area contributed by atoms with Crippen LogP contribution in [-0.4, -0.2) is 0 Å². The first-order valence-electron chi connectivity index (χ1n) is 3.33. The molecule has 2 saturated carbocycles. The first kappa shape index (κ1) is 19.4. The molecule has 10 radical (unpaired) electrons. The van der Waals surface area contributed by atoms with Crippen LogP contribution in [0.25, 0.3) is 0 Å². The van der Waals surface area contributed by atoms with Gasteiger partial charge in [-0.1, -0.05) is 0 Å². The Morgan fingerprint density at radius 1 is 0.308 bits per heavy atom. The molecule has 2 rings (SSSR count). The first-order chi connectivity index (χ1) is 5.00. The fraction of sp³-hybridized carbons (Fsp3) is 0. The molecule has 0 nitrogen and oxygen atoms in total. The van der Waals surface area contributed by atoms with Gasteiger partial charge < -0.3 is 14.9 Å². The largest absolute Gasteiger partial charge is 4.00 e. The zero-order valence-corrected chi connectivity index (χ0v) is 11.9. The van der Waals surface area contributed by atoms with Gasteiger partial charge in [0.1, 0.15) is 0 Å². The molecule has 0 amide bonds. The van der Waals surface area contributed by atoms with Crippen LogP contribution in [0.5, 0.6) is 0 Å². The van der Waals surface area contributed by atoms with Crippen molar-refractivity contribution in [3.63, 3.8) is 0 Å². The van der Waals surface area contributed by atoms with Crippen molar-refractivity contribution >= 4 is 0 Å². The monoisotopic (exact) mass is 340 g/mol. The van der Waals surface area contributed by atoms with Gasteiger partial charge in [-0.15, -0.1) is 0 Å². The normalized spacial score (nSPS) is 18.5. The van der Waals surface area contributed by atoms with Crippen LogP contribution in [0.2, 0.25) is 0 Å². The second kappa shape index (κ2) is 15.3. The standard InChI is InChI=1S/2C5H5.2CH3.Hf/c2*1-2-4-5-3-1;;;/h2*1-5H;2*1H3;/q;;2*-1;+4. The molecule has 0 unspecified atom stereocenters. The van der Waals surface area contributed by atoms with Gasteiger partial charge in [-0.2, -0.15) is 0 Å². The number of hydrogen-bond acceptors (Lipinski definition) is 0. The van der Waals surface area contributed by atoms with Gasteiger partial charge in [0.25, 0.3) is 0 Å². The summed E-state index contributed by atoms with van der Waals surface area (Å²) in [7, 11) is 0. The second-order valence-corrected chi connectivity index (χ2v) is 1.92. The predicted octanol–water partition coefficient (Wildman–Crippen LogP) is 2.94. The third-order valence-corrected chi connectivity index (χ3v) is 1.11. The Labute approximate surface area is 105 Å². The van der Waals surface area contributed by atoms with E-state index < -0.39 is 0 Å². The Morgan fingerprint density at radius 2 is 0.385 bits per heavy atom. The molecule has 0 bridgehead atoms. The van der Waals surface area contributed by atoms with Gasteiger partial charge in [0.2, 0.25) is 0 Å². The molecule has 13 heavy (non-hydrogen) atoms. The molecule has 0 spiro atoms. The van der Waals surface area contributed by atoms with Crippen molar-refractivity contribution in [1.82, 2.24) is 0 Å². The van der Waals surface area contributed by atoms with E-state index in [2.05, 4.69) is 0 Å². The van der Waals surface area contributed by atoms with E-state index in [1.165, 1.54) is 0 Å². The molecule has 2 aliphatic carbocycles. The summed E-state index contributed by atoms with van der Waals surface area (Å²) < 4.78 is 0. The van der Waals surface area contributed by atoms with Crippen LogP contribution in [0.4, 0.5) is 0 Å². The maximum absolute atomic E-state index is 2.00. The smallest absolute Gasteiger partial charge is 0.358 e. The summed E-state index contributed by atoms with van der Waals surface area (Å²) in [5.74, 6) is 0. The first-order valence-corrected chi connectivity index (χ1v) is 3.33. The molecule has 1 heteroatoms. The van der Waals surface area contributed by atoms with Crippen molar-refractivity contribution in [2.45, 2.75) is 0 Å². The molecule has 66 valence electrons. The zero-order valence-electron chi connectivity index (χ0n) is 8.27. The van der Waals surface area contributed by atoms with E-state index in [4.69, 9.17) is 0 Å². The van der Waals surface area contributed by atoms with Crippen molar-refractivity contribution in [2.24, 2.45) is 0 Å².